The molecule has 1 heterocycles. The molecule has 0 bridgehead atoms. The molecule has 0 N–H and O–H groups in total. The molecule has 5 heteroatoms. The molecule has 0 radical (unpaired) electrons. The number of hydrogen-bond donors (Lipinski definition) is 0. The van der Waals surface area contributed by atoms with Crippen LogP contribution in [0, 0.1) is 0 Å². The minimum atomic E-state index is -0.0854. The standard InChI is InChI=1S/C22H22N2O3/c1-3-24-19(13-14-23-24)20(25)11-9-17-10-12-21(22(15-17)26-2)27-16-18-7-5-4-6-8-18/h4-15H,3,16H2,1-2H3/b11-9+. The number of benzene rings is 2. The number of aromatic nitrogens is 2. The molecule has 1 aromatic heterocycles. The summed E-state index contributed by atoms with van der Waals surface area (Å²) in [5.74, 6) is 1.20. The third-order valence-electron chi connectivity index (χ3n) is 4.12. The highest BCUT2D eigenvalue weighted by Crippen LogP contribution is 2.29. The number of methoxy groups -OCH3 is 1. The Bertz CT molecular complexity index is 930. The Balaban J connectivity index is 1.71. The largest absolute Gasteiger partial charge is 0.493 e. The SMILES string of the molecule is CCn1nccc1C(=O)/C=C/c1ccc(OCc2ccccc2)c(OC)c1. The second-order valence-electron chi connectivity index (χ2n) is 5.91. The Morgan fingerprint density at radius 2 is 1.93 bits per heavy atom. The molecular weight excluding hydrogens is 340 g/mol. The molecule has 5 nitrogen and oxygen atoms in total. The average molecular weight is 362 g/mol. The maximum atomic E-state index is 12.3. The van der Waals surface area contributed by atoms with Gasteiger partial charge in [-0.1, -0.05) is 42.5 Å². The Labute approximate surface area is 158 Å². The van der Waals surface area contributed by atoms with E-state index in [2.05, 4.69) is 5.10 Å². The van der Waals surface area contributed by atoms with Crippen LogP contribution < -0.4 is 9.47 Å². The van der Waals surface area contributed by atoms with Gasteiger partial charge < -0.3 is 9.47 Å². The molecule has 0 amide bonds. The fourth-order valence-electron chi connectivity index (χ4n) is 2.69. The summed E-state index contributed by atoms with van der Waals surface area (Å²) in [7, 11) is 1.60. The van der Waals surface area contributed by atoms with Crippen molar-refractivity contribution in [1.29, 1.82) is 0 Å². The predicted molar refractivity (Wildman–Crippen MR) is 105 cm³/mol. The fraction of sp³-hybridized carbons (Fsp3) is 0.182. The van der Waals surface area contributed by atoms with Crippen molar-refractivity contribution >= 4 is 11.9 Å². The third-order valence-corrected chi connectivity index (χ3v) is 4.12. The zero-order valence-corrected chi connectivity index (χ0v) is 15.5. The lowest BCUT2D eigenvalue weighted by Gasteiger charge is -2.11. The van der Waals surface area contributed by atoms with Crippen LogP contribution in [0.5, 0.6) is 11.5 Å². The van der Waals surface area contributed by atoms with Gasteiger partial charge in [-0.15, -0.1) is 0 Å². The molecule has 0 aliphatic rings. The minimum absolute atomic E-state index is 0.0854. The first-order valence-corrected chi connectivity index (χ1v) is 8.80. The lowest BCUT2D eigenvalue weighted by Crippen LogP contribution is -2.07. The monoisotopic (exact) mass is 362 g/mol. The molecule has 3 aromatic rings. The molecule has 0 aliphatic carbocycles. The van der Waals surface area contributed by atoms with E-state index < -0.39 is 0 Å². The molecule has 0 saturated carbocycles. The number of carbonyl (C=O) groups excluding carboxylic acids is 1. The summed E-state index contributed by atoms with van der Waals surface area (Å²) in [6.45, 7) is 3.07. The summed E-state index contributed by atoms with van der Waals surface area (Å²) in [5.41, 5.74) is 2.51. The first kappa shape index (κ1) is 18.5. The number of ketones is 1. The van der Waals surface area contributed by atoms with E-state index in [1.165, 1.54) is 0 Å². The first-order chi connectivity index (χ1) is 13.2. The van der Waals surface area contributed by atoms with Crippen molar-refractivity contribution in [2.45, 2.75) is 20.1 Å². The van der Waals surface area contributed by atoms with Crippen LogP contribution in [0.3, 0.4) is 0 Å². The van der Waals surface area contributed by atoms with Crippen LogP contribution in [0.15, 0.2) is 66.9 Å². The molecular formula is C22H22N2O3. The Morgan fingerprint density at radius 1 is 1.11 bits per heavy atom. The van der Waals surface area contributed by atoms with E-state index in [1.54, 1.807) is 36.2 Å². The van der Waals surface area contributed by atoms with Crippen LogP contribution in [0.1, 0.15) is 28.5 Å². The summed E-state index contributed by atoms with van der Waals surface area (Å²) >= 11 is 0. The average Bonchev–Trinajstić information content (AvgIpc) is 3.20. The van der Waals surface area contributed by atoms with E-state index >= 15 is 0 Å². The highest BCUT2D eigenvalue weighted by Gasteiger charge is 2.09. The van der Waals surface area contributed by atoms with Gasteiger partial charge in [-0.3, -0.25) is 9.48 Å². The molecule has 0 saturated heterocycles. The van der Waals surface area contributed by atoms with Crippen molar-refractivity contribution in [3.05, 3.63) is 83.7 Å². The lowest BCUT2D eigenvalue weighted by atomic mass is 10.1. The van der Waals surface area contributed by atoms with Crippen LogP contribution in [0.4, 0.5) is 0 Å². The van der Waals surface area contributed by atoms with Gasteiger partial charge in [0.2, 0.25) is 5.78 Å². The Kier molecular flexibility index (Phi) is 6.05. The molecule has 0 atom stereocenters. The number of ether oxygens (including phenoxy) is 2. The first-order valence-electron chi connectivity index (χ1n) is 8.80. The van der Waals surface area contributed by atoms with Crippen LogP contribution >= 0.6 is 0 Å². The minimum Gasteiger partial charge on any atom is -0.493 e. The molecule has 138 valence electrons. The van der Waals surface area contributed by atoms with Gasteiger partial charge >= 0.3 is 0 Å². The number of hydrogen-bond acceptors (Lipinski definition) is 4. The van der Waals surface area contributed by atoms with Crippen molar-refractivity contribution in [3.63, 3.8) is 0 Å². The van der Waals surface area contributed by atoms with Gasteiger partial charge in [0.1, 0.15) is 12.3 Å². The number of rotatable bonds is 8. The van der Waals surface area contributed by atoms with Gasteiger partial charge in [-0.2, -0.15) is 5.10 Å². The normalized spacial score (nSPS) is 10.9. The van der Waals surface area contributed by atoms with Gasteiger partial charge in [0.15, 0.2) is 11.5 Å². The summed E-state index contributed by atoms with van der Waals surface area (Å²) in [6, 6.07) is 17.3. The highest BCUT2D eigenvalue weighted by atomic mass is 16.5. The number of aryl methyl sites for hydroxylation is 1. The summed E-state index contributed by atoms with van der Waals surface area (Å²) in [5, 5.41) is 4.12. The molecule has 27 heavy (non-hydrogen) atoms. The van der Waals surface area contributed by atoms with E-state index in [1.807, 2.05) is 55.5 Å². The van der Waals surface area contributed by atoms with Crippen molar-refractivity contribution in [1.82, 2.24) is 9.78 Å². The van der Waals surface area contributed by atoms with Gasteiger partial charge in [0.05, 0.1) is 7.11 Å². The molecule has 0 spiro atoms. The van der Waals surface area contributed by atoms with Gasteiger partial charge in [0, 0.05) is 12.7 Å². The van der Waals surface area contributed by atoms with Crippen LogP contribution in [0.2, 0.25) is 0 Å². The van der Waals surface area contributed by atoms with Crippen molar-refractivity contribution in [3.8, 4) is 11.5 Å². The fourth-order valence-corrected chi connectivity index (χ4v) is 2.69. The molecule has 2 aromatic carbocycles. The summed E-state index contributed by atoms with van der Waals surface area (Å²) < 4.78 is 13.0. The van der Waals surface area contributed by atoms with E-state index in [9.17, 15) is 4.79 Å². The van der Waals surface area contributed by atoms with Gasteiger partial charge in [0.25, 0.3) is 0 Å². The Hall–Kier alpha value is -3.34. The van der Waals surface area contributed by atoms with Crippen LogP contribution in [-0.4, -0.2) is 22.7 Å². The maximum Gasteiger partial charge on any atom is 0.203 e. The topological polar surface area (TPSA) is 53.4 Å². The molecule has 0 fully saturated rings. The van der Waals surface area contributed by atoms with Crippen molar-refractivity contribution in [2.24, 2.45) is 0 Å². The summed E-state index contributed by atoms with van der Waals surface area (Å²) in [4.78, 5) is 12.3. The summed E-state index contributed by atoms with van der Waals surface area (Å²) in [6.07, 6.45) is 4.94. The molecule has 0 aliphatic heterocycles. The van der Waals surface area contributed by atoms with E-state index in [0.717, 1.165) is 11.1 Å². The highest BCUT2D eigenvalue weighted by molar-refractivity contribution is 6.05. The number of allylic oxidation sites excluding steroid dienone is 1. The third kappa shape index (κ3) is 4.64. The smallest absolute Gasteiger partial charge is 0.203 e. The predicted octanol–water partition coefficient (Wildman–Crippen LogP) is 4.39. The van der Waals surface area contributed by atoms with Crippen molar-refractivity contribution < 1.29 is 14.3 Å². The van der Waals surface area contributed by atoms with E-state index in [-0.39, 0.29) is 5.78 Å². The van der Waals surface area contributed by atoms with Crippen LogP contribution in [-0.2, 0) is 13.2 Å². The number of nitrogens with zero attached hydrogens (tertiary/aromatic N) is 2. The van der Waals surface area contributed by atoms with Crippen molar-refractivity contribution in [2.75, 3.05) is 7.11 Å². The zero-order valence-electron chi connectivity index (χ0n) is 15.5. The van der Waals surface area contributed by atoms with Crippen LogP contribution in [0.25, 0.3) is 6.08 Å². The second kappa shape index (κ2) is 8.85. The maximum absolute atomic E-state index is 12.3. The number of carbonyl (C=O) groups is 1. The Morgan fingerprint density at radius 3 is 2.67 bits per heavy atom. The van der Waals surface area contributed by atoms with Gasteiger partial charge in [-0.25, -0.2) is 0 Å². The van der Waals surface area contributed by atoms with E-state index in [0.29, 0.717) is 30.3 Å². The lowest BCUT2D eigenvalue weighted by molar-refractivity contribution is 0.103. The quantitative estimate of drug-likeness (QED) is 0.441. The van der Waals surface area contributed by atoms with Gasteiger partial charge in [-0.05, 0) is 42.3 Å². The van der Waals surface area contributed by atoms with E-state index in [4.69, 9.17) is 9.47 Å². The molecule has 3 rings (SSSR count). The second-order valence-corrected chi connectivity index (χ2v) is 5.91. The molecule has 0 unspecified atom stereocenters. The zero-order chi connectivity index (χ0) is 19.1.